The Morgan fingerprint density at radius 3 is 2.95 bits per heavy atom. The van der Waals surface area contributed by atoms with Crippen molar-refractivity contribution in [3.63, 3.8) is 0 Å². The topological polar surface area (TPSA) is 28.2 Å². The van der Waals surface area contributed by atoms with Crippen LogP contribution < -0.4 is 10.2 Å². The van der Waals surface area contributed by atoms with Gasteiger partial charge >= 0.3 is 0 Å². The molecule has 3 nitrogen and oxygen atoms in total. The number of rotatable bonds is 4. The molecule has 2 heterocycles. The van der Waals surface area contributed by atoms with E-state index in [1.165, 1.54) is 28.2 Å². The number of anilines is 2. The molecule has 1 aromatic heterocycles. The molecule has 0 radical (unpaired) electrons. The van der Waals surface area contributed by atoms with Gasteiger partial charge in [-0.05, 0) is 37.4 Å². The summed E-state index contributed by atoms with van der Waals surface area (Å²) in [5, 5.41) is 4.40. The minimum atomic E-state index is 0.668. The summed E-state index contributed by atoms with van der Waals surface area (Å²) in [6.07, 6.45) is 2.17. The smallest absolute Gasteiger partial charge is 0.190 e. The van der Waals surface area contributed by atoms with Gasteiger partial charge in [-0.1, -0.05) is 43.4 Å². The van der Waals surface area contributed by atoms with Gasteiger partial charge in [0.1, 0.15) is 0 Å². The van der Waals surface area contributed by atoms with E-state index in [1.54, 1.807) is 0 Å². The molecule has 3 rings (SSSR count). The maximum atomic E-state index is 4.91. The summed E-state index contributed by atoms with van der Waals surface area (Å²) in [6.45, 7) is 6.48. The van der Waals surface area contributed by atoms with E-state index in [2.05, 4.69) is 48.3 Å². The predicted molar refractivity (Wildman–Crippen MR) is 90.6 cm³/mol. The Hall–Kier alpha value is -1.39. The number of thiazole rings is 1. The first-order valence-electron chi connectivity index (χ1n) is 7.71. The van der Waals surface area contributed by atoms with Gasteiger partial charge in [0.05, 0.1) is 5.69 Å². The molecule has 0 spiro atoms. The lowest BCUT2D eigenvalue weighted by molar-refractivity contribution is 0.561. The Morgan fingerprint density at radius 1 is 1.38 bits per heavy atom. The van der Waals surface area contributed by atoms with E-state index in [9.17, 15) is 0 Å². The molecule has 1 atom stereocenters. The molecule has 1 N–H and O–H groups in total. The molecule has 0 aliphatic carbocycles. The predicted octanol–water partition coefficient (Wildman–Crippen LogP) is 3.76. The van der Waals surface area contributed by atoms with Crippen molar-refractivity contribution in [2.45, 2.75) is 33.2 Å². The highest BCUT2D eigenvalue weighted by Crippen LogP contribution is 2.38. The summed E-state index contributed by atoms with van der Waals surface area (Å²) in [7, 11) is 2.00. The average molecular weight is 301 g/mol. The summed E-state index contributed by atoms with van der Waals surface area (Å²) >= 11 is 1.83. The number of aromatic nitrogens is 1. The van der Waals surface area contributed by atoms with E-state index < -0.39 is 0 Å². The van der Waals surface area contributed by atoms with Crippen LogP contribution in [0, 0.1) is 5.92 Å². The molecular weight excluding hydrogens is 278 g/mol. The first-order chi connectivity index (χ1) is 10.2. The molecule has 0 fully saturated rings. The molecule has 1 unspecified atom stereocenters. The fourth-order valence-corrected chi connectivity index (χ4v) is 4.22. The average Bonchev–Trinajstić information content (AvgIpc) is 2.89. The van der Waals surface area contributed by atoms with Crippen molar-refractivity contribution in [1.82, 2.24) is 10.3 Å². The van der Waals surface area contributed by atoms with Gasteiger partial charge < -0.3 is 10.2 Å². The molecule has 0 saturated heterocycles. The van der Waals surface area contributed by atoms with Gasteiger partial charge in [-0.2, -0.15) is 0 Å². The zero-order valence-corrected chi connectivity index (χ0v) is 13.8. The summed E-state index contributed by atoms with van der Waals surface area (Å²) < 4.78 is 0. The molecule has 4 heteroatoms. The van der Waals surface area contributed by atoms with Crippen molar-refractivity contribution in [2.75, 3.05) is 18.5 Å². The van der Waals surface area contributed by atoms with Gasteiger partial charge in [-0.15, -0.1) is 0 Å². The quantitative estimate of drug-likeness (QED) is 0.932. The number of hydrogen-bond acceptors (Lipinski definition) is 4. The summed E-state index contributed by atoms with van der Waals surface area (Å²) in [6, 6.07) is 8.75. The van der Waals surface area contributed by atoms with E-state index in [4.69, 9.17) is 4.98 Å². The number of aryl methyl sites for hydroxylation is 1. The lowest BCUT2D eigenvalue weighted by atomic mass is 9.94. The first kappa shape index (κ1) is 14.5. The summed E-state index contributed by atoms with van der Waals surface area (Å²) in [5.41, 5.74) is 4.02. The van der Waals surface area contributed by atoms with Crippen molar-refractivity contribution in [2.24, 2.45) is 5.92 Å². The second-order valence-corrected chi connectivity index (χ2v) is 6.86. The van der Waals surface area contributed by atoms with Crippen molar-refractivity contribution >= 4 is 22.2 Å². The van der Waals surface area contributed by atoms with Crippen LogP contribution in [0.1, 0.15) is 30.0 Å². The molecule has 0 amide bonds. The molecule has 112 valence electrons. The van der Waals surface area contributed by atoms with Gasteiger partial charge in [0.25, 0.3) is 0 Å². The van der Waals surface area contributed by atoms with Gasteiger partial charge in [-0.3, -0.25) is 0 Å². The first-order valence-corrected chi connectivity index (χ1v) is 8.53. The Labute approximate surface area is 131 Å². The minimum Gasteiger partial charge on any atom is -0.317 e. The van der Waals surface area contributed by atoms with Crippen LogP contribution in [-0.4, -0.2) is 18.6 Å². The molecule has 0 saturated carbocycles. The number of para-hydroxylation sites is 1. The summed E-state index contributed by atoms with van der Waals surface area (Å²) in [5.74, 6) is 0.668. The Balaban J connectivity index is 2.00. The zero-order valence-electron chi connectivity index (χ0n) is 13.0. The largest absolute Gasteiger partial charge is 0.317 e. The molecular formula is C17H23N3S. The standard InChI is InChI=1S/C17H23N3S/c1-4-14-16(10-18-3)21-17(19-14)20-11-12(2)9-13-7-5-6-8-15(13)20/h5-8,12,18H,4,9-11H2,1-3H3. The number of fused-ring (bicyclic) bond motifs is 1. The third-order valence-electron chi connectivity index (χ3n) is 4.02. The molecule has 1 aromatic carbocycles. The van der Waals surface area contributed by atoms with Gasteiger partial charge in [0.2, 0.25) is 0 Å². The Kier molecular flexibility index (Phi) is 4.27. The Bertz CT molecular complexity index is 620. The number of hydrogen-bond donors (Lipinski definition) is 1. The molecule has 1 aliphatic rings. The third-order valence-corrected chi connectivity index (χ3v) is 5.14. The van der Waals surface area contributed by atoms with Crippen LogP contribution in [0.2, 0.25) is 0 Å². The molecule has 0 bridgehead atoms. The third kappa shape index (κ3) is 2.83. The zero-order chi connectivity index (χ0) is 14.8. The minimum absolute atomic E-state index is 0.668. The van der Waals surface area contributed by atoms with Crippen molar-refractivity contribution < 1.29 is 0 Å². The second-order valence-electron chi connectivity index (χ2n) is 5.80. The van der Waals surface area contributed by atoms with E-state index in [0.29, 0.717) is 5.92 Å². The molecule has 1 aliphatic heterocycles. The van der Waals surface area contributed by atoms with Crippen LogP contribution in [0.5, 0.6) is 0 Å². The van der Waals surface area contributed by atoms with Gasteiger partial charge in [0.15, 0.2) is 5.13 Å². The maximum absolute atomic E-state index is 4.91. The number of nitrogens with one attached hydrogen (secondary N) is 1. The van der Waals surface area contributed by atoms with E-state index in [0.717, 1.165) is 24.6 Å². The van der Waals surface area contributed by atoms with Crippen LogP contribution in [0.25, 0.3) is 0 Å². The maximum Gasteiger partial charge on any atom is 0.190 e. The van der Waals surface area contributed by atoms with Crippen LogP contribution >= 0.6 is 11.3 Å². The van der Waals surface area contributed by atoms with E-state index >= 15 is 0 Å². The van der Waals surface area contributed by atoms with Gasteiger partial charge in [-0.25, -0.2) is 4.98 Å². The highest BCUT2D eigenvalue weighted by Gasteiger charge is 2.25. The lowest BCUT2D eigenvalue weighted by Gasteiger charge is -2.32. The van der Waals surface area contributed by atoms with Crippen LogP contribution in [0.3, 0.4) is 0 Å². The lowest BCUT2D eigenvalue weighted by Crippen LogP contribution is -2.30. The van der Waals surface area contributed by atoms with Crippen molar-refractivity contribution in [3.8, 4) is 0 Å². The van der Waals surface area contributed by atoms with E-state index in [1.807, 2.05) is 18.4 Å². The summed E-state index contributed by atoms with van der Waals surface area (Å²) in [4.78, 5) is 8.68. The highest BCUT2D eigenvalue weighted by atomic mass is 32.1. The van der Waals surface area contributed by atoms with Crippen LogP contribution in [0.15, 0.2) is 24.3 Å². The fourth-order valence-electron chi connectivity index (χ4n) is 3.04. The van der Waals surface area contributed by atoms with Crippen molar-refractivity contribution in [1.29, 1.82) is 0 Å². The van der Waals surface area contributed by atoms with Crippen LogP contribution in [0.4, 0.5) is 10.8 Å². The normalized spacial score (nSPS) is 17.9. The molecule has 21 heavy (non-hydrogen) atoms. The second kappa shape index (κ2) is 6.16. The van der Waals surface area contributed by atoms with Crippen molar-refractivity contribution in [3.05, 3.63) is 40.4 Å². The SMILES string of the molecule is CCc1nc(N2CC(C)Cc3ccccc32)sc1CNC. The Morgan fingerprint density at radius 2 is 2.19 bits per heavy atom. The van der Waals surface area contributed by atoms with Crippen LogP contribution in [-0.2, 0) is 19.4 Å². The monoisotopic (exact) mass is 301 g/mol. The number of nitrogens with zero attached hydrogens (tertiary/aromatic N) is 2. The molecule has 2 aromatic rings. The van der Waals surface area contributed by atoms with Gasteiger partial charge in [0, 0.05) is 23.7 Å². The highest BCUT2D eigenvalue weighted by molar-refractivity contribution is 7.15. The van der Waals surface area contributed by atoms with E-state index in [-0.39, 0.29) is 0 Å². The fraction of sp³-hybridized carbons (Fsp3) is 0.471. The number of benzene rings is 1.